The lowest BCUT2D eigenvalue weighted by Crippen LogP contribution is -2.25. The molecule has 0 bridgehead atoms. The topological polar surface area (TPSA) is 97.1 Å². The number of hydrogen-bond donors (Lipinski definition) is 2. The van der Waals surface area contributed by atoms with Crippen molar-refractivity contribution in [2.45, 2.75) is 6.54 Å². The van der Waals surface area contributed by atoms with Crippen LogP contribution in [0.4, 0.5) is 0 Å². The van der Waals surface area contributed by atoms with Crippen LogP contribution in [0.1, 0.15) is 26.7 Å². The Labute approximate surface area is 108 Å². The van der Waals surface area contributed by atoms with E-state index in [1.165, 1.54) is 18.2 Å². The predicted molar refractivity (Wildman–Crippen MR) is 65.6 cm³/mol. The maximum absolute atomic E-state index is 11.8. The summed E-state index contributed by atoms with van der Waals surface area (Å²) in [5.74, 6) is -1.59. The molecule has 0 aliphatic heterocycles. The molecule has 7 nitrogen and oxygen atoms in total. The molecule has 2 heterocycles. The van der Waals surface area contributed by atoms with Crippen LogP contribution in [0.5, 0.6) is 0 Å². The second kappa shape index (κ2) is 5.30. The van der Waals surface area contributed by atoms with Crippen LogP contribution < -0.4 is 5.32 Å². The van der Waals surface area contributed by atoms with Crippen molar-refractivity contribution in [2.75, 3.05) is 0 Å². The molecule has 0 fully saturated rings. The first-order chi connectivity index (χ1) is 9.08. The normalized spacial score (nSPS) is 10.2. The van der Waals surface area contributed by atoms with Crippen LogP contribution in [-0.2, 0) is 13.6 Å². The van der Waals surface area contributed by atoms with Gasteiger partial charge in [-0.15, -0.1) is 0 Å². The van der Waals surface area contributed by atoms with Crippen LogP contribution in [0.15, 0.2) is 30.5 Å². The number of hydrogen-bond acceptors (Lipinski definition) is 4. The number of rotatable bonds is 4. The number of aromatic nitrogens is 3. The third kappa shape index (κ3) is 2.95. The summed E-state index contributed by atoms with van der Waals surface area (Å²) in [6.45, 7) is 0.300. The van der Waals surface area contributed by atoms with Gasteiger partial charge in [-0.25, -0.2) is 9.78 Å². The largest absolute Gasteiger partial charge is 0.477 e. The maximum atomic E-state index is 11.8. The third-order valence-corrected chi connectivity index (χ3v) is 2.55. The number of nitrogens with one attached hydrogen (secondary N) is 1. The van der Waals surface area contributed by atoms with Crippen molar-refractivity contribution in [3.8, 4) is 0 Å². The van der Waals surface area contributed by atoms with Crippen LogP contribution in [0.3, 0.4) is 0 Å². The van der Waals surface area contributed by atoms with Crippen molar-refractivity contribution in [1.82, 2.24) is 20.1 Å². The van der Waals surface area contributed by atoms with Gasteiger partial charge in [0, 0.05) is 13.2 Å². The summed E-state index contributed by atoms with van der Waals surface area (Å²) >= 11 is 0. The number of aromatic carboxylic acids is 1. The van der Waals surface area contributed by atoms with Gasteiger partial charge < -0.3 is 10.4 Å². The van der Waals surface area contributed by atoms with Crippen LogP contribution >= 0.6 is 0 Å². The smallest absolute Gasteiger partial charge is 0.354 e. The monoisotopic (exact) mass is 260 g/mol. The molecular weight excluding hydrogens is 248 g/mol. The minimum Gasteiger partial charge on any atom is -0.477 e. The number of carbonyl (C=O) groups is 2. The number of aryl methyl sites for hydroxylation is 1. The Morgan fingerprint density at radius 1 is 1.32 bits per heavy atom. The molecule has 0 spiro atoms. The summed E-state index contributed by atoms with van der Waals surface area (Å²) in [5.41, 5.74) is 0.748. The van der Waals surface area contributed by atoms with E-state index in [0.29, 0.717) is 6.54 Å². The van der Waals surface area contributed by atoms with Crippen molar-refractivity contribution >= 4 is 11.9 Å². The number of pyridine rings is 1. The van der Waals surface area contributed by atoms with E-state index in [-0.39, 0.29) is 11.4 Å². The van der Waals surface area contributed by atoms with Gasteiger partial charge in [-0.2, -0.15) is 5.10 Å². The molecule has 0 atom stereocenters. The SMILES string of the molecule is Cn1nccc1CNC(=O)c1cccc(C(=O)O)n1. The molecular formula is C12H12N4O3. The summed E-state index contributed by atoms with van der Waals surface area (Å²) in [4.78, 5) is 26.3. The molecule has 98 valence electrons. The van der Waals surface area contributed by atoms with Crippen molar-refractivity contribution in [1.29, 1.82) is 0 Å². The Morgan fingerprint density at radius 2 is 2.05 bits per heavy atom. The number of nitrogens with zero attached hydrogens (tertiary/aromatic N) is 3. The zero-order valence-corrected chi connectivity index (χ0v) is 10.2. The average Bonchev–Trinajstić information content (AvgIpc) is 2.81. The Morgan fingerprint density at radius 3 is 2.68 bits per heavy atom. The van der Waals surface area contributed by atoms with Gasteiger partial charge in [-0.1, -0.05) is 6.07 Å². The summed E-state index contributed by atoms with van der Waals surface area (Å²) in [7, 11) is 1.77. The molecule has 2 N–H and O–H groups in total. The van der Waals surface area contributed by atoms with E-state index in [9.17, 15) is 9.59 Å². The Kier molecular flexibility index (Phi) is 3.56. The predicted octanol–water partition coefficient (Wildman–Crippen LogP) is 0.443. The second-order valence-electron chi connectivity index (χ2n) is 3.84. The molecule has 0 radical (unpaired) electrons. The molecule has 7 heteroatoms. The third-order valence-electron chi connectivity index (χ3n) is 2.55. The van der Waals surface area contributed by atoms with E-state index >= 15 is 0 Å². The summed E-state index contributed by atoms with van der Waals surface area (Å²) in [6.07, 6.45) is 1.63. The molecule has 19 heavy (non-hydrogen) atoms. The first kappa shape index (κ1) is 12.7. The molecule has 0 saturated carbocycles. The van der Waals surface area contributed by atoms with E-state index in [1.807, 2.05) is 0 Å². The van der Waals surface area contributed by atoms with Crippen LogP contribution in [0, 0.1) is 0 Å². The lowest BCUT2D eigenvalue weighted by Gasteiger charge is -2.05. The van der Waals surface area contributed by atoms with Gasteiger partial charge in [0.1, 0.15) is 11.4 Å². The van der Waals surface area contributed by atoms with Crippen LogP contribution in [-0.4, -0.2) is 31.7 Å². The molecule has 2 rings (SSSR count). The van der Waals surface area contributed by atoms with Gasteiger partial charge in [0.2, 0.25) is 0 Å². The first-order valence-electron chi connectivity index (χ1n) is 5.53. The highest BCUT2D eigenvalue weighted by atomic mass is 16.4. The molecule has 0 saturated heterocycles. The molecule has 0 aliphatic carbocycles. The number of carbonyl (C=O) groups excluding carboxylic acids is 1. The average molecular weight is 260 g/mol. The quantitative estimate of drug-likeness (QED) is 0.831. The number of carboxylic acids is 1. The number of amides is 1. The van der Waals surface area contributed by atoms with Gasteiger partial charge >= 0.3 is 5.97 Å². The van der Waals surface area contributed by atoms with E-state index in [2.05, 4.69) is 15.4 Å². The van der Waals surface area contributed by atoms with Crippen LogP contribution in [0.25, 0.3) is 0 Å². The number of carboxylic acid groups (broad SMARTS) is 1. The van der Waals surface area contributed by atoms with Gasteiger partial charge in [0.15, 0.2) is 0 Å². The minimum atomic E-state index is -1.17. The van der Waals surface area contributed by atoms with E-state index in [4.69, 9.17) is 5.11 Å². The standard InChI is InChI=1S/C12H12N4O3/c1-16-8(5-6-14-16)7-13-11(17)9-3-2-4-10(15-9)12(18)19/h2-6H,7H2,1H3,(H,13,17)(H,18,19). The van der Waals surface area contributed by atoms with E-state index < -0.39 is 11.9 Å². The van der Waals surface area contributed by atoms with E-state index in [0.717, 1.165) is 5.69 Å². The highest BCUT2D eigenvalue weighted by Crippen LogP contribution is 2.01. The van der Waals surface area contributed by atoms with Crippen LogP contribution in [0.2, 0.25) is 0 Å². The van der Waals surface area contributed by atoms with Crippen molar-refractivity contribution in [3.63, 3.8) is 0 Å². The Hall–Kier alpha value is -2.70. The van der Waals surface area contributed by atoms with Gasteiger partial charge in [-0.05, 0) is 18.2 Å². The second-order valence-corrected chi connectivity index (χ2v) is 3.84. The molecule has 0 aliphatic rings. The summed E-state index contributed by atoms with van der Waals surface area (Å²) in [5, 5.41) is 15.4. The Bertz CT molecular complexity index is 621. The van der Waals surface area contributed by atoms with Crippen molar-refractivity contribution in [2.24, 2.45) is 7.05 Å². The molecule has 2 aromatic heterocycles. The Balaban J connectivity index is 2.06. The zero-order chi connectivity index (χ0) is 13.8. The maximum Gasteiger partial charge on any atom is 0.354 e. The fourth-order valence-corrected chi connectivity index (χ4v) is 1.52. The zero-order valence-electron chi connectivity index (χ0n) is 10.2. The lowest BCUT2D eigenvalue weighted by atomic mass is 10.3. The van der Waals surface area contributed by atoms with Gasteiger partial charge in [-0.3, -0.25) is 9.48 Å². The molecule has 0 unspecified atom stereocenters. The lowest BCUT2D eigenvalue weighted by molar-refractivity contribution is 0.0690. The highest BCUT2D eigenvalue weighted by Gasteiger charge is 2.11. The fourth-order valence-electron chi connectivity index (χ4n) is 1.52. The molecule has 2 aromatic rings. The highest BCUT2D eigenvalue weighted by molar-refractivity contribution is 5.94. The molecule has 1 amide bonds. The van der Waals surface area contributed by atoms with Crippen molar-refractivity contribution < 1.29 is 14.7 Å². The fraction of sp³-hybridized carbons (Fsp3) is 0.167. The van der Waals surface area contributed by atoms with E-state index in [1.54, 1.807) is 24.0 Å². The van der Waals surface area contributed by atoms with Gasteiger partial charge in [0.05, 0.1) is 12.2 Å². The summed E-state index contributed by atoms with van der Waals surface area (Å²) in [6, 6.07) is 6.06. The first-order valence-corrected chi connectivity index (χ1v) is 5.53. The van der Waals surface area contributed by atoms with Crippen molar-refractivity contribution in [3.05, 3.63) is 47.5 Å². The minimum absolute atomic E-state index is 0.0714. The van der Waals surface area contributed by atoms with Gasteiger partial charge in [0.25, 0.3) is 5.91 Å². The molecule has 0 aromatic carbocycles. The summed E-state index contributed by atoms with van der Waals surface area (Å²) < 4.78 is 1.64.